The smallest absolute Gasteiger partial charge is 0.363 e. The lowest BCUT2D eigenvalue weighted by Crippen LogP contribution is -2.56. The van der Waals surface area contributed by atoms with Crippen LogP contribution in [0.1, 0.15) is 49.8 Å². The van der Waals surface area contributed by atoms with Crippen molar-refractivity contribution in [3.05, 3.63) is 71.0 Å². The Labute approximate surface area is 241 Å². The second-order valence-electron chi connectivity index (χ2n) is 10.6. The number of halogens is 3. The maximum atomic E-state index is 14.3. The number of rotatable bonds is 11. The van der Waals surface area contributed by atoms with Crippen LogP contribution >= 0.6 is 0 Å². The number of Topliss-reactive ketones (excluding diaryl/α,β-unsaturated/α-hetero) is 1. The van der Waals surface area contributed by atoms with E-state index >= 15 is 0 Å². The Hall–Kier alpha value is -4.08. The Bertz CT molecular complexity index is 1370. The number of carbonyl (C=O) groups excluding carboxylic acids is 3. The quantitative estimate of drug-likeness (QED) is 0.313. The van der Waals surface area contributed by atoms with Gasteiger partial charge in [-0.1, -0.05) is 30.3 Å². The molecule has 0 saturated heterocycles. The summed E-state index contributed by atoms with van der Waals surface area (Å²) in [6.07, 6.45) is 3.08. The van der Waals surface area contributed by atoms with Crippen molar-refractivity contribution in [3.63, 3.8) is 0 Å². The first kappa shape index (κ1) is 30.9. The number of ether oxygens (including phenoxy) is 1. The molecule has 9 nitrogen and oxygen atoms in total. The van der Waals surface area contributed by atoms with Crippen LogP contribution in [0, 0.1) is 34.7 Å². The lowest BCUT2D eigenvalue weighted by Gasteiger charge is -2.43. The van der Waals surface area contributed by atoms with Crippen molar-refractivity contribution in [2.45, 2.75) is 50.1 Å². The third-order valence-corrected chi connectivity index (χ3v) is 8.00. The summed E-state index contributed by atoms with van der Waals surface area (Å²) in [5.74, 6) is -6.41. The third-order valence-electron chi connectivity index (χ3n) is 8.00. The van der Waals surface area contributed by atoms with Gasteiger partial charge in [-0.3, -0.25) is 14.6 Å². The molecule has 2 aromatic carbocycles. The third kappa shape index (κ3) is 6.22. The average Bonchev–Trinajstić information content (AvgIpc) is 2.99. The number of benzene rings is 2. The van der Waals surface area contributed by atoms with E-state index in [0.717, 1.165) is 15.6 Å². The highest BCUT2D eigenvalue weighted by Gasteiger charge is 2.45. The highest BCUT2D eigenvalue weighted by atomic mass is 19.2. The molecule has 2 aromatic rings. The molecular formula is C30H32F3N5O4. The highest BCUT2D eigenvalue weighted by Crippen LogP contribution is 2.39. The Kier molecular flexibility index (Phi) is 9.75. The molecule has 1 heterocycles. The largest absolute Gasteiger partial charge is 0.379 e. The highest BCUT2D eigenvalue weighted by molar-refractivity contribution is 6.11. The number of nitriles is 1. The van der Waals surface area contributed by atoms with Crippen LogP contribution in [0.3, 0.4) is 0 Å². The summed E-state index contributed by atoms with van der Waals surface area (Å²) in [6, 6.07) is 11.3. The number of hydrazine groups is 1. The van der Waals surface area contributed by atoms with Crippen LogP contribution in [0.25, 0.3) is 0 Å². The van der Waals surface area contributed by atoms with Gasteiger partial charge in [0.05, 0.1) is 42.3 Å². The average molecular weight is 584 g/mol. The van der Waals surface area contributed by atoms with E-state index in [1.165, 1.54) is 14.0 Å². The molecule has 1 saturated carbocycles. The van der Waals surface area contributed by atoms with Crippen molar-refractivity contribution in [1.82, 2.24) is 15.3 Å². The summed E-state index contributed by atoms with van der Waals surface area (Å²) >= 11 is 0. The minimum Gasteiger partial charge on any atom is -0.379 e. The molecule has 2 atom stereocenters. The van der Waals surface area contributed by atoms with Gasteiger partial charge in [-0.25, -0.2) is 23.0 Å². The monoisotopic (exact) mass is 583 g/mol. The lowest BCUT2D eigenvalue weighted by molar-refractivity contribution is -0.137. The molecule has 1 aliphatic carbocycles. The van der Waals surface area contributed by atoms with Crippen LogP contribution < -0.4 is 5.32 Å². The first-order valence-corrected chi connectivity index (χ1v) is 13.6. The van der Waals surface area contributed by atoms with Crippen LogP contribution in [0.15, 0.2) is 47.5 Å². The topological polar surface area (TPSA) is 115 Å². The molecule has 1 aliphatic heterocycles. The minimum absolute atomic E-state index is 0.0203. The van der Waals surface area contributed by atoms with Gasteiger partial charge >= 0.3 is 6.03 Å². The Morgan fingerprint density at radius 3 is 2.40 bits per heavy atom. The molecule has 222 valence electrons. The van der Waals surface area contributed by atoms with E-state index in [9.17, 15) is 32.8 Å². The number of urea groups is 1. The fourth-order valence-corrected chi connectivity index (χ4v) is 5.89. The molecule has 1 N–H and O–H groups in total. The molecule has 4 rings (SSSR count). The number of methoxy groups -OCH3 is 1. The number of nitrogens with one attached hydrogen (secondary N) is 1. The molecule has 0 radical (unpaired) electrons. The summed E-state index contributed by atoms with van der Waals surface area (Å²) in [5.41, 5.74) is 0.215. The zero-order valence-electron chi connectivity index (χ0n) is 23.4. The molecule has 0 aromatic heterocycles. The Balaban J connectivity index is 1.53. The van der Waals surface area contributed by atoms with E-state index in [1.54, 1.807) is 0 Å². The van der Waals surface area contributed by atoms with E-state index in [4.69, 9.17) is 4.74 Å². The second-order valence-corrected chi connectivity index (χ2v) is 10.6. The van der Waals surface area contributed by atoms with Gasteiger partial charge in [0.25, 0.3) is 0 Å². The summed E-state index contributed by atoms with van der Waals surface area (Å²) in [7, 11) is 1.33. The van der Waals surface area contributed by atoms with E-state index < -0.39 is 46.6 Å². The van der Waals surface area contributed by atoms with Crippen LogP contribution in [-0.4, -0.2) is 66.8 Å². The van der Waals surface area contributed by atoms with Crippen molar-refractivity contribution in [1.29, 1.82) is 5.26 Å². The van der Waals surface area contributed by atoms with Gasteiger partial charge in [0.1, 0.15) is 5.78 Å². The van der Waals surface area contributed by atoms with Crippen molar-refractivity contribution in [2.75, 3.05) is 26.8 Å². The van der Waals surface area contributed by atoms with Crippen LogP contribution in [0.5, 0.6) is 0 Å². The van der Waals surface area contributed by atoms with Crippen molar-refractivity contribution >= 4 is 23.9 Å². The summed E-state index contributed by atoms with van der Waals surface area (Å²) < 4.78 is 47.5. The fourth-order valence-electron chi connectivity index (χ4n) is 5.89. The van der Waals surface area contributed by atoms with Gasteiger partial charge in [-0.05, 0) is 55.9 Å². The number of carbonyl (C=O) groups is 3. The maximum absolute atomic E-state index is 14.3. The fraction of sp³-hybridized carbons (Fsp3) is 0.433. The van der Waals surface area contributed by atoms with Gasteiger partial charge in [0.2, 0.25) is 6.41 Å². The van der Waals surface area contributed by atoms with Gasteiger partial charge < -0.3 is 10.1 Å². The summed E-state index contributed by atoms with van der Waals surface area (Å²) in [5, 5.41) is 15.2. The van der Waals surface area contributed by atoms with Crippen molar-refractivity contribution in [3.8, 4) is 6.07 Å². The second kappa shape index (κ2) is 13.3. The van der Waals surface area contributed by atoms with E-state index in [-0.39, 0.29) is 37.0 Å². The molecule has 0 spiro atoms. The number of ketones is 1. The molecule has 3 amide bonds. The minimum atomic E-state index is -1.70. The molecule has 0 bridgehead atoms. The normalized spacial score (nSPS) is 24.1. The first-order valence-electron chi connectivity index (χ1n) is 13.6. The zero-order chi connectivity index (χ0) is 30.4. The number of amides is 3. The summed E-state index contributed by atoms with van der Waals surface area (Å²) in [4.78, 5) is 42.2. The number of hydrogen-bond acceptors (Lipinski definition) is 6. The number of aliphatic imine (C=N–C) groups is 1. The van der Waals surface area contributed by atoms with Gasteiger partial charge in [0.15, 0.2) is 17.5 Å². The zero-order valence-corrected chi connectivity index (χ0v) is 23.4. The van der Waals surface area contributed by atoms with Crippen LogP contribution in [-0.2, 0) is 19.7 Å². The first-order chi connectivity index (χ1) is 20.2. The molecule has 2 aliphatic rings. The number of nitrogens with zero attached hydrogens (tertiary/aromatic N) is 4. The molecule has 1 fully saturated rings. The molecule has 42 heavy (non-hydrogen) atoms. The Morgan fingerprint density at radius 2 is 1.86 bits per heavy atom. The molecular weight excluding hydrogens is 551 g/mol. The lowest BCUT2D eigenvalue weighted by atomic mass is 9.69. The van der Waals surface area contributed by atoms with Gasteiger partial charge in [0, 0.05) is 19.7 Å². The summed E-state index contributed by atoms with van der Waals surface area (Å²) in [6.45, 7) is 1.19. The SMILES string of the molecule is COCC1=NC(=O)N(N(C=O)CCNC2CCC(C#N)(c3ccccc3)CC2)C(c2cc(F)c(F)c(F)c2)C1C(C)=O. The molecule has 12 heteroatoms. The van der Waals surface area contributed by atoms with Gasteiger partial charge in [-0.2, -0.15) is 10.3 Å². The van der Waals surface area contributed by atoms with E-state index in [0.29, 0.717) is 44.2 Å². The van der Waals surface area contributed by atoms with Crippen LogP contribution in [0.4, 0.5) is 18.0 Å². The predicted octanol–water partition coefficient (Wildman–Crippen LogP) is 4.24. The van der Waals surface area contributed by atoms with Crippen molar-refractivity contribution in [2.24, 2.45) is 10.9 Å². The van der Waals surface area contributed by atoms with Gasteiger partial charge in [-0.15, -0.1) is 0 Å². The standard InChI is InChI=1S/C30H32F3N5O4/c1-19(40)26-25(16-42-2)36-29(41)38(28(26)20-14-23(31)27(33)24(32)15-20)37(18-39)13-12-35-22-8-10-30(17-34,11-9-22)21-6-4-3-5-7-21/h3-7,14-15,18,22,26,28,35H,8-13,16H2,1-2H3. The number of hydrogen-bond donors (Lipinski definition) is 1. The predicted molar refractivity (Wildman–Crippen MR) is 147 cm³/mol. The van der Waals surface area contributed by atoms with Crippen LogP contribution in [0.2, 0.25) is 0 Å². The van der Waals surface area contributed by atoms with E-state index in [1.807, 2.05) is 30.3 Å². The maximum Gasteiger partial charge on any atom is 0.363 e. The molecule has 2 unspecified atom stereocenters. The van der Waals surface area contributed by atoms with E-state index in [2.05, 4.69) is 16.4 Å². The Morgan fingerprint density at radius 1 is 1.21 bits per heavy atom. The van der Waals surface area contributed by atoms with Crippen molar-refractivity contribution < 1.29 is 32.3 Å².